The molecule has 1 unspecified atom stereocenters. The number of nitrogens with zero attached hydrogens (tertiary/aromatic N) is 1. The standard InChI is InChI=1S/C13H17N3O2S/c14-12(19)11(10-4-2-1-3-5-10)13(17)15-16-6-8-18-9-7-16/h1-5,11H,6-9H2,(H2,14,19)(H,15,17). The third kappa shape index (κ3) is 3.73. The highest BCUT2D eigenvalue weighted by Crippen LogP contribution is 2.16. The molecular weight excluding hydrogens is 262 g/mol. The zero-order valence-electron chi connectivity index (χ0n) is 10.5. The lowest BCUT2D eigenvalue weighted by molar-refractivity contribution is -0.128. The molecule has 1 atom stereocenters. The van der Waals surface area contributed by atoms with Gasteiger partial charge < -0.3 is 10.5 Å². The zero-order chi connectivity index (χ0) is 13.7. The van der Waals surface area contributed by atoms with Crippen LogP contribution in [0.15, 0.2) is 30.3 Å². The summed E-state index contributed by atoms with van der Waals surface area (Å²) in [5.41, 5.74) is 9.35. The summed E-state index contributed by atoms with van der Waals surface area (Å²) in [5, 5.41) is 1.83. The lowest BCUT2D eigenvalue weighted by atomic mass is 9.98. The molecule has 2 rings (SSSR count). The molecule has 0 bridgehead atoms. The molecule has 0 radical (unpaired) electrons. The van der Waals surface area contributed by atoms with Gasteiger partial charge in [-0.15, -0.1) is 0 Å². The van der Waals surface area contributed by atoms with Crippen molar-refractivity contribution < 1.29 is 9.53 Å². The van der Waals surface area contributed by atoms with Crippen LogP contribution in [-0.4, -0.2) is 42.2 Å². The van der Waals surface area contributed by atoms with Crippen molar-refractivity contribution >= 4 is 23.1 Å². The van der Waals surface area contributed by atoms with E-state index in [0.29, 0.717) is 26.3 Å². The van der Waals surface area contributed by atoms with Gasteiger partial charge in [0.2, 0.25) is 5.91 Å². The van der Waals surface area contributed by atoms with Crippen molar-refractivity contribution in [2.75, 3.05) is 26.3 Å². The number of nitrogens with two attached hydrogens (primary N) is 1. The number of carbonyl (C=O) groups is 1. The first-order valence-electron chi connectivity index (χ1n) is 6.16. The van der Waals surface area contributed by atoms with E-state index in [1.807, 2.05) is 35.3 Å². The van der Waals surface area contributed by atoms with Gasteiger partial charge in [-0.05, 0) is 5.56 Å². The Kier molecular flexibility index (Phi) is 4.84. The molecule has 0 spiro atoms. The van der Waals surface area contributed by atoms with Gasteiger partial charge in [0.05, 0.1) is 18.2 Å². The van der Waals surface area contributed by atoms with E-state index in [1.165, 1.54) is 0 Å². The number of rotatable bonds is 4. The van der Waals surface area contributed by atoms with Gasteiger partial charge in [-0.25, -0.2) is 5.01 Å². The van der Waals surface area contributed by atoms with Crippen molar-refractivity contribution in [1.29, 1.82) is 0 Å². The monoisotopic (exact) mass is 279 g/mol. The van der Waals surface area contributed by atoms with E-state index in [4.69, 9.17) is 22.7 Å². The molecule has 1 aliphatic heterocycles. The van der Waals surface area contributed by atoms with Crippen molar-refractivity contribution in [1.82, 2.24) is 10.4 Å². The Morgan fingerprint density at radius 3 is 2.53 bits per heavy atom. The van der Waals surface area contributed by atoms with Gasteiger partial charge in [0.1, 0.15) is 5.92 Å². The van der Waals surface area contributed by atoms with Crippen molar-refractivity contribution in [3.05, 3.63) is 35.9 Å². The van der Waals surface area contributed by atoms with Gasteiger partial charge >= 0.3 is 0 Å². The molecule has 1 aromatic rings. The Morgan fingerprint density at radius 1 is 1.32 bits per heavy atom. The topological polar surface area (TPSA) is 67.6 Å². The van der Waals surface area contributed by atoms with E-state index in [2.05, 4.69) is 5.43 Å². The van der Waals surface area contributed by atoms with Crippen LogP contribution in [0.25, 0.3) is 0 Å². The summed E-state index contributed by atoms with van der Waals surface area (Å²) < 4.78 is 5.23. The Labute approximate surface area is 117 Å². The molecule has 102 valence electrons. The fourth-order valence-corrected chi connectivity index (χ4v) is 2.23. The first-order chi connectivity index (χ1) is 9.18. The zero-order valence-corrected chi connectivity index (χ0v) is 11.4. The lowest BCUT2D eigenvalue weighted by Gasteiger charge is -2.28. The third-order valence-corrected chi connectivity index (χ3v) is 3.19. The molecule has 1 heterocycles. The van der Waals surface area contributed by atoms with Crippen molar-refractivity contribution in [3.8, 4) is 0 Å². The van der Waals surface area contributed by atoms with E-state index in [-0.39, 0.29) is 10.9 Å². The number of ether oxygens (including phenoxy) is 1. The first-order valence-corrected chi connectivity index (χ1v) is 6.57. The molecule has 3 N–H and O–H groups in total. The summed E-state index contributed by atoms with van der Waals surface area (Å²) in [6.45, 7) is 2.57. The van der Waals surface area contributed by atoms with Crippen molar-refractivity contribution in [2.24, 2.45) is 5.73 Å². The maximum atomic E-state index is 12.3. The predicted octanol–water partition coefficient (Wildman–Crippen LogP) is 0.420. The lowest BCUT2D eigenvalue weighted by Crippen LogP contribution is -2.51. The predicted molar refractivity (Wildman–Crippen MR) is 76.5 cm³/mol. The highest BCUT2D eigenvalue weighted by molar-refractivity contribution is 7.80. The molecule has 0 saturated carbocycles. The minimum absolute atomic E-state index is 0.178. The maximum Gasteiger partial charge on any atom is 0.248 e. The number of nitrogens with one attached hydrogen (secondary N) is 1. The number of hydrogen-bond acceptors (Lipinski definition) is 4. The molecule has 5 nitrogen and oxygen atoms in total. The summed E-state index contributed by atoms with van der Waals surface area (Å²) in [4.78, 5) is 12.5. The van der Waals surface area contributed by atoms with Gasteiger partial charge in [-0.2, -0.15) is 0 Å². The first kappa shape index (κ1) is 13.9. The van der Waals surface area contributed by atoms with E-state index in [0.717, 1.165) is 5.56 Å². The summed E-state index contributed by atoms with van der Waals surface area (Å²) >= 11 is 5.02. The van der Waals surface area contributed by atoms with Crippen LogP contribution in [0.3, 0.4) is 0 Å². The smallest absolute Gasteiger partial charge is 0.248 e. The Bertz CT molecular complexity index is 446. The summed E-state index contributed by atoms with van der Waals surface area (Å²) in [5.74, 6) is -0.792. The second-order valence-electron chi connectivity index (χ2n) is 4.32. The number of morpholine rings is 1. The van der Waals surface area contributed by atoms with Crippen LogP contribution in [-0.2, 0) is 9.53 Å². The molecule has 6 heteroatoms. The van der Waals surface area contributed by atoms with Crippen LogP contribution >= 0.6 is 12.2 Å². The van der Waals surface area contributed by atoms with E-state index in [9.17, 15) is 4.79 Å². The van der Waals surface area contributed by atoms with Crippen molar-refractivity contribution in [3.63, 3.8) is 0 Å². The van der Waals surface area contributed by atoms with Gasteiger partial charge in [-0.1, -0.05) is 42.5 Å². The Morgan fingerprint density at radius 2 is 1.95 bits per heavy atom. The summed E-state index contributed by atoms with van der Waals surface area (Å²) in [7, 11) is 0. The van der Waals surface area contributed by atoms with Gasteiger partial charge in [0.15, 0.2) is 0 Å². The van der Waals surface area contributed by atoms with Gasteiger partial charge in [0, 0.05) is 13.1 Å². The Hall–Kier alpha value is -1.50. The fourth-order valence-electron chi connectivity index (χ4n) is 1.99. The Balaban J connectivity index is 2.06. The molecule has 1 fully saturated rings. The van der Waals surface area contributed by atoms with Gasteiger partial charge in [-0.3, -0.25) is 10.2 Å². The van der Waals surface area contributed by atoms with Crippen LogP contribution in [0.1, 0.15) is 11.5 Å². The quantitative estimate of drug-likeness (QED) is 0.782. The number of hydrogen-bond donors (Lipinski definition) is 2. The van der Waals surface area contributed by atoms with Crippen LogP contribution < -0.4 is 11.2 Å². The molecule has 1 amide bonds. The molecule has 1 saturated heterocycles. The van der Waals surface area contributed by atoms with E-state index in [1.54, 1.807) is 0 Å². The normalized spacial score (nSPS) is 17.7. The highest BCUT2D eigenvalue weighted by atomic mass is 32.1. The maximum absolute atomic E-state index is 12.3. The molecule has 1 aromatic carbocycles. The summed E-state index contributed by atoms with van der Waals surface area (Å²) in [6.07, 6.45) is 0. The molecular formula is C13H17N3O2S. The number of benzene rings is 1. The number of hydrazine groups is 1. The third-order valence-electron chi connectivity index (χ3n) is 2.96. The minimum Gasteiger partial charge on any atom is -0.392 e. The molecule has 19 heavy (non-hydrogen) atoms. The van der Waals surface area contributed by atoms with Crippen LogP contribution in [0, 0.1) is 0 Å². The highest BCUT2D eigenvalue weighted by Gasteiger charge is 2.25. The van der Waals surface area contributed by atoms with E-state index < -0.39 is 5.92 Å². The largest absolute Gasteiger partial charge is 0.392 e. The molecule has 1 aliphatic rings. The van der Waals surface area contributed by atoms with Crippen LogP contribution in [0.5, 0.6) is 0 Å². The van der Waals surface area contributed by atoms with Gasteiger partial charge in [0.25, 0.3) is 0 Å². The van der Waals surface area contributed by atoms with Crippen LogP contribution in [0.2, 0.25) is 0 Å². The number of thiocarbonyl (C=S) groups is 1. The average molecular weight is 279 g/mol. The second-order valence-corrected chi connectivity index (χ2v) is 4.79. The minimum atomic E-state index is -0.598. The summed E-state index contributed by atoms with van der Waals surface area (Å²) in [6, 6.07) is 9.32. The molecule has 0 aromatic heterocycles. The fraction of sp³-hybridized carbons (Fsp3) is 0.385. The SMILES string of the molecule is NC(=S)C(C(=O)NN1CCOCC1)c1ccccc1. The molecule has 0 aliphatic carbocycles. The van der Waals surface area contributed by atoms with Crippen molar-refractivity contribution in [2.45, 2.75) is 5.92 Å². The number of carbonyl (C=O) groups excluding carboxylic acids is 1. The number of amides is 1. The van der Waals surface area contributed by atoms with E-state index >= 15 is 0 Å². The van der Waals surface area contributed by atoms with Crippen LogP contribution in [0.4, 0.5) is 0 Å². The second kappa shape index (κ2) is 6.60. The average Bonchev–Trinajstić information content (AvgIpc) is 2.40.